The van der Waals surface area contributed by atoms with E-state index in [0.717, 1.165) is 28.3 Å². The summed E-state index contributed by atoms with van der Waals surface area (Å²) in [6.07, 6.45) is 4.94. The van der Waals surface area contributed by atoms with E-state index < -0.39 is 0 Å². The fourth-order valence-electron chi connectivity index (χ4n) is 2.31. The van der Waals surface area contributed by atoms with Gasteiger partial charge in [0.05, 0.1) is 17.1 Å². The van der Waals surface area contributed by atoms with Crippen LogP contribution in [0, 0.1) is 6.92 Å². The molecule has 3 aromatic rings. The molecule has 0 atom stereocenters. The summed E-state index contributed by atoms with van der Waals surface area (Å²) in [6.45, 7) is 7.59. The van der Waals surface area contributed by atoms with Gasteiger partial charge >= 0.3 is 0 Å². The zero-order valence-electron chi connectivity index (χ0n) is 13.0. The summed E-state index contributed by atoms with van der Waals surface area (Å²) in [5.41, 5.74) is 9.98. The lowest BCUT2D eigenvalue weighted by Crippen LogP contribution is -1.94. The highest BCUT2D eigenvalue weighted by molar-refractivity contribution is 5.84. The highest BCUT2D eigenvalue weighted by atomic mass is 15.3. The van der Waals surface area contributed by atoms with Gasteiger partial charge in [0.2, 0.25) is 0 Å². The van der Waals surface area contributed by atoms with Crippen molar-refractivity contribution < 1.29 is 0 Å². The minimum absolute atomic E-state index is 0.344. The number of aryl methyl sites for hydroxylation is 1. The molecule has 0 saturated carbocycles. The van der Waals surface area contributed by atoms with E-state index in [1.165, 1.54) is 6.33 Å². The second-order valence-electron chi connectivity index (χ2n) is 5.08. The lowest BCUT2D eigenvalue weighted by atomic mass is 10.1. The second kappa shape index (κ2) is 5.88. The molecule has 3 N–H and O–H groups in total. The van der Waals surface area contributed by atoms with Gasteiger partial charge in [0.15, 0.2) is 11.8 Å². The van der Waals surface area contributed by atoms with E-state index in [-0.39, 0.29) is 0 Å². The number of nitrogens with one attached hydrogen (secondary N) is 1. The van der Waals surface area contributed by atoms with Crippen LogP contribution in [-0.4, -0.2) is 29.7 Å². The van der Waals surface area contributed by atoms with Crippen molar-refractivity contribution in [3.8, 4) is 11.4 Å². The second-order valence-corrected chi connectivity index (χ2v) is 5.08. The van der Waals surface area contributed by atoms with Crippen molar-refractivity contribution in [1.82, 2.24) is 29.7 Å². The molecular formula is C16H17N7. The van der Waals surface area contributed by atoms with Crippen LogP contribution in [0.15, 0.2) is 31.1 Å². The first-order valence-corrected chi connectivity index (χ1v) is 7.08. The molecule has 116 valence electrons. The Morgan fingerprint density at radius 3 is 2.91 bits per heavy atom. The van der Waals surface area contributed by atoms with Crippen molar-refractivity contribution in [2.75, 3.05) is 5.73 Å². The number of hydrogen-bond acceptors (Lipinski definition) is 5. The number of aromatic amines is 1. The van der Waals surface area contributed by atoms with Gasteiger partial charge in [0.1, 0.15) is 6.33 Å². The Morgan fingerprint density at radius 2 is 2.17 bits per heavy atom. The summed E-state index contributed by atoms with van der Waals surface area (Å²) in [5, 5.41) is 4.06. The number of anilines is 1. The number of aromatic nitrogens is 6. The van der Waals surface area contributed by atoms with E-state index in [1.54, 1.807) is 10.9 Å². The molecule has 0 spiro atoms. The van der Waals surface area contributed by atoms with E-state index in [4.69, 9.17) is 5.73 Å². The number of pyridine rings is 1. The van der Waals surface area contributed by atoms with Gasteiger partial charge in [-0.3, -0.25) is 4.98 Å². The van der Waals surface area contributed by atoms with Crippen LogP contribution < -0.4 is 5.73 Å². The molecule has 0 aromatic carbocycles. The first-order chi connectivity index (χ1) is 11.1. The van der Waals surface area contributed by atoms with E-state index >= 15 is 0 Å². The Kier molecular flexibility index (Phi) is 3.76. The van der Waals surface area contributed by atoms with Crippen molar-refractivity contribution in [1.29, 1.82) is 0 Å². The lowest BCUT2D eigenvalue weighted by molar-refractivity contribution is 0.924. The van der Waals surface area contributed by atoms with Gasteiger partial charge in [-0.1, -0.05) is 12.6 Å². The first kappa shape index (κ1) is 14.7. The third-order valence-electron chi connectivity index (χ3n) is 3.36. The van der Waals surface area contributed by atoms with Crippen molar-refractivity contribution in [3.05, 3.63) is 48.3 Å². The predicted octanol–water partition coefficient (Wildman–Crippen LogP) is 2.61. The molecule has 0 aliphatic rings. The lowest BCUT2D eigenvalue weighted by Gasteiger charge is -2.04. The third kappa shape index (κ3) is 2.89. The fraction of sp³-hybridized carbons (Fsp3) is 0.125. The quantitative estimate of drug-likeness (QED) is 0.772. The molecule has 23 heavy (non-hydrogen) atoms. The Labute approximate surface area is 133 Å². The Bertz CT molecular complexity index is 885. The minimum atomic E-state index is 0.344. The summed E-state index contributed by atoms with van der Waals surface area (Å²) in [6, 6.07) is 5.81. The average molecular weight is 307 g/mol. The van der Waals surface area contributed by atoms with Crippen LogP contribution >= 0.6 is 0 Å². The van der Waals surface area contributed by atoms with Gasteiger partial charge in [-0.2, -0.15) is 5.10 Å². The third-order valence-corrected chi connectivity index (χ3v) is 3.36. The maximum absolute atomic E-state index is 5.85. The SMILES string of the molecule is C=Cn1ncnc1/C=C(\C)c1nc(N)[nH]c1-c1cccc(C)n1. The molecule has 3 rings (SSSR count). The standard InChI is InChI=1S/C16H17N7/c1-4-23-13(18-9-19-23)8-10(2)14-15(22-16(17)21-14)12-7-5-6-11(3)20-12/h4-9H,1H2,2-3H3,(H3,17,21,22)/b10-8+. The van der Waals surface area contributed by atoms with Crippen LogP contribution in [0.4, 0.5) is 5.95 Å². The number of nitrogens with two attached hydrogens (primary N) is 1. The Balaban J connectivity index is 2.08. The molecule has 0 radical (unpaired) electrons. The van der Waals surface area contributed by atoms with E-state index in [2.05, 4.69) is 31.6 Å². The summed E-state index contributed by atoms with van der Waals surface area (Å²) in [7, 11) is 0. The molecule has 0 amide bonds. The maximum atomic E-state index is 5.85. The molecule has 3 heterocycles. The predicted molar refractivity (Wildman–Crippen MR) is 90.9 cm³/mol. The van der Waals surface area contributed by atoms with Gasteiger partial charge in [0, 0.05) is 11.9 Å². The highest BCUT2D eigenvalue weighted by Gasteiger charge is 2.14. The topological polar surface area (TPSA) is 98.3 Å². The van der Waals surface area contributed by atoms with E-state index in [9.17, 15) is 0 Å². The average Bonchev–Trinajstić information content (AvgIpc) is 3.13. The van der Waals surface area contributed by atoms with Crippen LogP contribution in [-0.2, 0) is 0 Å². The molecular weight excluding hydrogens is 290 g/mol. The minimum Gasteiger partial charge on any atom is -0.369 e. The van der Waals surface area contributed by atoms with Crippen LogP contribution in [0.2, 0.25) is 0 Å². The van der Waals surface area contributed by atoms with Crippen molar-refractivity contribution in [3.63, 3.8) is 0 Å². The van der Waals surface area contributed by atoms with Crippen molar-refractivity contribution >= 4 is 23.8 Å². The van der Waals surface area contributed by atoms with Gasteiger partial charge in [-0.15, -0.1) is 0 Å². The maximum Gasteiger partial charge on any atom is 0.198 e. The molecule has 0 aliphatic carbocycles. The molecule has 7 nitrogen and oxygen atoms in total. The monoisotopic (exact) mass is 307 g/mol. The van der Waals surface area contributed by atoms with Gasteiger partial charge < -0.3 is 10.7 Å². The number of imidazole rings is 1. The Hall–Kier alpha value is -3.22. The molecule has 0 saturated heterocycles. The molecule has 0 unspecified atom stereocenters. The fourth-order valence-corrected chi connectivity index (χ4v) is 2.31. The summed E-state index contributed by atoms with van der Waals surface area (Å²) < 4.78 is 1.59. The van der Waals surface area contributed by atoms with Gasteiger partial charge in [0.25, 0.3) is 0 Å². The zero-order valence-corrected chi connectivity index (χ0v) is 13.0. The highest BCUT2D eigenvalue weighted by Crippen LogP contribution is 2.27. The summed E-state index contributed by atoms with van der Waals surface area (Å²) >= 11 is 0. The number of hydrogen-bond donors (Lipinski definition) is 2. The number of nitrogens with zero attached hydrogens (tertiary/aromatic N) is 5. The Morgan fingerprint density at radius 1 is 1.35 bits per heavy atom. The van der Waals surface area contributed by atoms with Crippen molar-refractivity contribution in [2.24, 2.45) is 0 Å². The van der Waals surface area contributed by atoms with Crippen LogP contribution in [0.3, 0.4) is 0 Å². The van der Waals surface area contributed by atoms with Crippen molar-refractivity contribution in [2.45, 2.75) is 13.8 Å². The van der Waals surface area contributed by atoms with Crippen LogP contribution in [0.5, 0.6) is 0 Å². The normalized spacial score (nSPS) is 11.7. The van der Waals surface area contributed by atoms with Crippen LogP contribution in [0.1, 0.15) is 24.1 Å². The molecule has 0 aliphatic heterocycles. The summed E-state index contributed by atoms with van der Waals surface area (Å²) in [5.74, 6) is 1.01. The van der Waals surface area contributed by atoms with Gasteiger partial charge in [-0.05, 0) is 37.6 Å². The van der Waals surface area contributed by atoms with Crippen LogP contribution in [0.25, 0.3) is 29.2 Å². The molecule has 0 bridgehead atoms. The number of H-pyrrole nitrogens is 1. The molecule has 0 fully saturated rings. The van der Waals surface area contributed by atoms with E-state index in [1.807, 2.05) is 38.1 Å². The zero-order chi connectivity index (χ0) is 16.4. The molecule has 3 aromatic heterocycles. The van der Waals surface area contributed by atoms with E-state index in [0.29, 0.717) is 11.8 Å². The smallest absolute Gasteiger partial charge is 0.198 e. The number of nitrogen functional groups attached to an aromatic ring is 1. The summed E-state index contributed by atoms with van der Waals surface area (Å²) in [4.78, 5) is 16.2. The first-order valence-electron chi connectivity index (χ1n) is 7.08. The largest absolute Gasteiger partial charge is 0.369 e. The number of rotatable bonds is 4. The number of allylic oxidation sites excluding steroid dienone is 1. The van der Waals surface area contributed by atoms with Gasteiger partial charge in [-0.25, -0.2) is 14.6 Å². The molecule has 7 heteroatoms.